The van der Waals surface area contributed by atoms with E-state index in [1.165, 1.54) is 23.5 Å². The molecule has 1 aromatic carbocycles. The fourth-order valence-corrected chi connectivity index (χ4v) is 4.22. The number of imide groups is 1. The summed E-state index contributed by atoms with van der Waals surface area (Å²) in [4.78, 5) is 25.4. The van der Waals surface area contributed by atoms with Crippen LogP contribution in [-0.4, -0.2) is 75.4 Å². The summed E-state index contributed by atoms with van der Waals surface area (Å²) in [5.41, 5.74) is 0. The summed E-state index contributed by atoms with van der Waals surface area (Å²) in [5.74, 6) is 0.203. The van der Waals surface area contributed by atoms with E-state index in [9.17, 15) is 18.0 Å². The van der Waals surface area contributed by atoms with Crippen molar-refractivity contribution in [1.29, 1.82) is 0 Å². The number of amides is 3. The molecule has 1 aliphatic rings. The van der Waals surface area contributed by atoms with Gasteiger partial charge in [-0.05, 0) is 38.1 Å². The first-order valence-corrected chi connectivity index (χ1v) is 10.2. The molecule has 1 heterocycles. The van der Waals surface area contributed by atoms with Crippen LogP contribution >= 0.6 is 0 Å². The molecule has 2 N–H and O–H groups in total. The van der Waals surface area contributed by atoms with Gasteiger partial charge in [-0.2, -0.15) is 4.31 Å². The van der Waals surface area contributed by atoms with E-state index >= 15 is 0 Å². The van der Waals surface area contributed by atoms with E-state index in [1.54, 1.807) is 19.1 Å². The number of rotatable bonds is 6. The molecular formula is C17H26N4O5S. The Balaban J connectivity index is 1.97. The van der Waals surface area contributed by atoms with Crippen molar-refractivity contribution in [2.75, 3.05) is 39.8 Å². The van der Waals surface area contributed by atoms with Crippen molar-refractivity contribution in [2.45, 2.75) is 24.8 Å². The first-order chi connectivity index (χ1) is 12.8. The first kappa shape index (κ1) is 21.1. The second kappa shape index (κ2) is 9.16. The molecule has 0 bridgehead atoms. The minimum atomic E-state index is -3.60. The molecule has 9 nitrogen and oxygen atoms in total. The Labute approximate surface area is 159 Å². The van der Waals surface area contributed by atoms with E-state index in [2.05, 4.69) is 10.6 Å². The lowest BCUT2D eigenvalue weighted by atomic mass is 10.2. The lowest BCUT2D eigenvalue weighted by Crippen LogP contribution is -2.56. The maximum atomic E-state index is 12.8. The summed E-state index contributed by atoms with van der Waals surface area (Å²) >= 11 is 0. The average Bonchev–Trinajstić information content (AvgIpc) is 2.68. The fourth-order valence-electron chi connectivity index (χ4n) is 2.80. The lowest BCUT2D eigenvalue weighted by molar-refractivity contribution is -0.125. The molecule has 3 amide bonds. The highest BCUT2D eigenvalue weighted by Gasteiger charge is 2.32. The molecule has 0 radical (unpaired) electrons. The third kappa shape index (κ3) is 5.18. The molecule has 0 saturated carbocycles. The minimum absolute atomic E-state index is 0.213. The highest BCUT2D eigenvalue weighted by molar-refractivity contribution is 7.89. The van der Waals surface area contributed by atoms with Gasteiger partial charge in [0.25, 0.3) is 0 Å². The van der Waals surface area contributed by atoms with Crippen LogP contribution in [0.15, 0.2) is 29.2 Å². The lowest BCUT2D eigenvalue weighted by Gasteiger charge is -2.36. The Morgan fingerprint density at radius 1 is 1.15 bits per heavy atom. The Hall–Kier alpha value is -2.17. The van der Waals surface area contributed by atoms with Crippen molar-refractivity contribution >= 4 is 22.0 Å². The molecular weight excluding hydrogens is 372 g/mol. The second-order valence-electron chi connectivity index (χ2n) is 6.09. The van der Waals surface area contributed by atoms with E-state index in [4.69, 9.17) is 4.74 Å². The van der Waals surface area contributed by atoms with Gasteiger partial charge in [-0.3, -0.25) is 15.0 Å². The molecule has 1 saturated heterocycles. The van der Waals surface area contributed by atoms with E-state index in [-0.39, 0.29) is 18.0 Å². The zero-order chi connectivity index (χ0) is 20.0. The van der Waals surface area contributed by atoms with Gasteiger partial charge in [0, 0.05) is 33.2 Å². The maximum absolute atomic E-state index is 12.8. The van der Waals surface area contributed by atoms with Crippen LogP contribution in [0.25, 0.3) is 0 Å². The Morgan fingerprint density at radius 2 is 1.74 bits per heavy atom. The van der Waals surface area contributed by atoms with Gasteiger partial charge in [0.1, 0.15) is 5.75 Å². The van der Waals surface area contributed by atoms with E-state index in [0.29, 0.717) is 25.4 Å². The molecule has 1 unspecified atom stereocenters. The Bertz CT molecular complexity index is 758. The molecule has 0 aliphatic carbocycles. The number of hydrogen-bond donors (Lipinski definition) is 2. The molecule has 27 heavy (non-hydrogen) atoms. The zero-order valence-corrected chi connectivity index (χ0v) is 16.6. The van der Waals surface area contributed by atoms with Crippen LogP contribution < -0.4 is 15.4 Å². The van der Waals surface area contributed by atoms with Gasteiger partial charge in [0.15, 0.2) is 0 Å². The number of benzene rings is 1. The number of nitrogens with zero attached hydrogens (tertiary/aromatic N) is 2. The number of ether oxygens (including phenoxy) is 1. The van der Waals surface area contributed by atoms with Gasteiger partial charge in [0.05, 0.1) is 17.5 Å². The molecule has 1 fully saturated rings. The number of urea groups is 1. The number of carbonyl (C=O) groups is 2. The van der Waals surface area contributed by atoms with Crippen molar-refractivity contribution in [1.82, 2.24) is 19.8 Å². The molecule has 2 rings (SSSR count). The van der Waals surface area contributed by atoms with Crippen LogP contribution in [-0.2, 0) is 14.8 Å². The quantitative estimate of drug-likeness (QED) is 0.711. The SMILES string of the molecule is CCOc1ccc(S(=O)(=O)N2CCN(C(C)C(=O)NC(=O)NC)CC2)cc1. The smallest absolute Gasteiger partial charge is 0.321 e. The predicted octanol–water partition coefficient (Wildman–Crippen LogP) is 0.236. The third-order valence-electron chi connectivity index (χ3n) is 4.44. The van der Waals surface area contributed by atoms with Crippen molar-refractivity contribution in [3.05, 3.63) is 24.3 Å². The topological polar surface area (TPSA) is 108 Å². The van der Waals surface area contributed by atoms with E-state index in [1.807, 2.05) is 11.8 Å². The van der Waals surface area contributed by atoms with Crippen LogP contribution in [0.3, 0.4) is 0 Å². The summed E-state index contributed by atoms with van der Waals surface area (Å²) in [6, 6.07) is 5.25. The van der Waals surface area contributed by atoms with Crippen molar-refractivity contribution in [3.63, 3.8) is 0 Å². The van der Waals surface area contributed by atoms with Crippen molar-refractivity contribution in [2.24, 2.45) is 0 Å². The predicted molar refractivity (Wildman–Crippen MR) is 100 cm³/mol. The Morgan fingerprint density at radius 3 is 2.26 bits per heavy atom. The standard InChI is InChI=1S/C17H26N4O5S/c1-4-26-14-5-7-15(8-6-14)27(24,25)21-11-9-20(10-12-21)13(2)16(22)19-17(23)18-3/h5-8,13H,4,9-12H2,1-3H3,(H2,18,19,22,23). The largest absolute Gasteiger partial charge is 0.494 e. The molecule has 1 aromatic rings. The van der Waals surface area contributed by atoms with Crippen molar-refractivity contribution < 1.29 is 22.7 Å². The van der Waals surface area contributed by atoms with E-state index in [0.717, 1.165) is 0 Å². The molecule has 0 aromatic heterocycles. The van der Waals surface area contributed by atoms with Gasteiger partial charge < -0.3 is 10.1 Å². The zero-order valence-electron chi connectivity index (χ0n) is 15.8. The first-order valence-electron chi connectivity index (χ1n) is 8.79. The highest BCUT2D eigenvalue weighted by atomic mass is 32.2. The average molecular weight is 398 g/mol. The van der Waals surface area contributed by atoms with Crippen LogP contribution in [0, 0.1) is 0 Å². The van der Waals surface area contributed by atoms with Crippen LogP contribution in [0.5, 0.6) is 5.75 Å². The summed E-state index contributed by atoms with van der Waals surface area (Å²) in [5, 5.41) is 4.56. The third-order valence-corrected chi connectivity index (χ3v) is 6.35. The molecule has 1 aliphatic heterocycles. The van der Waals surface area contributed by atoms with Crippen LogP contribution in [0.4, 0.5) is 4.79 Å². The van der Waals surface area contributed by atoms with Gasteiger partial charge in [0.2, 0.25) is 15.9 Å². The van der Waals surface area contributed by atoms with Crippen LogP contribution in [0.1, 0.15) is 13.8 Å². The number of sulfonamides is 1. The number of piperazine rings is 1. The molecule has 0 spiro atoms. The summed E-state index contributed by atoms with van der Waals surface area (Å²) in [6.45, 7) is 5.41. The molecule has 150 valence electrons. The summed E-state index contributed by atoms with van der Waals surface area (Å²) in [7, 11) is -2.17. The van der Waals surface area contributed by atoms with Crippen molar-refractivity contribution in [3.8, 4) is 5.75 Å². The van der Waals surface area contributed by atoms with Gasteiger partial charge in [-0.1, -0.05) is 0 Å². The van der Waals surface area contributed by atoms with Crippen LogP contribution in [0.2, 0.25) is 0 Å². The van der Waals surface area contributed by atoms with E-state index < -0.39 is 28.0 Å². The molecule has 1 atom stereocenters. The molecule has 10 heteroatoms. The normalized spacial score (nSPS) is 17.1. The van der Waals surface area contributed by atoms with Gasteiger partial charge in [-0.25, -0.2) is 13.2 Å². The number of hydrogen-bond acceptors (Lipinski definition) is 6. The summed E-state index contributed by atoms with van der Waals surface area (Å²) < 4.78 is 32.3. The second-order valence-corrected chi connectivity index (χ2v) is 8.03. The monoisotopic (exact) mass is 398 g/mol. The highest BCUT2D eigenvalue weighted by Crippen LogP contribution is 2.21. The summed E-state index contributed by atoms with van der Waals surface area (Å²) in [6.07, 6.45) is 0. The minimum Gasteiger partial charge on any atom is -0.494 e. The fraction of sp³-hybridized carbons (Fsp3) is 0.529. The maximum Gasteiger partial charge on any atom is 0.321 e. The number of carbonyl (C=O) groups excluding carboxylic acids is 2. The Kier molecular flexibility index (Phi) is 7.17. The number of nitrogens with one attached hydrogen (secondary N) is 2. The van der Waals surface area contributed by atoms with Gasteiger partial charge in [-0.15, -0.1) is 0 Å². The van der Waals surface area contributed by atoms with Gasteiger partial charge >= 0.3 is 6.03 Å².